The monoisotopic (exact) mass is 631 g/mol. The number of carbonyl (C=O) groups excluding carboxylic acids is 2. The number of para-hydroxylation sites is 1. The maximum absolute atomic E-state index is 14.0. The Kier molecular flexibility index (Phi) is 8.62. The molecule has 4 aromatic carbocycles. The van der Waals surface area contributed by atoms with Crippen LogP contribution in [0, 0.1) is 0 Å². The van der Waals surface area contributed by atoms with E-state index in [2.05, 4.69) is 5.32 Å². The van der Waals surface area contributed by atoms with Crippen LogP contribution in [0.4, 0.5) is 5.69 Å². The molecule has 1 aromatic heterocycles. The third-order valence-corrected chi connectivity index (χ3v) is 8.40. The van der Waals surface area contributed by atoms with Crippen LogP contribution in [0.3, 0.4) is 0 Å². The van der Waals surface area contributed by atoms with Crippen molar-refractivity contribution in [2.24, 2.45) is 4.99 Å². The number of aromatic nitrogens is 1. The number of ether oxygens (including phenoxy) is 3. The van der Waals surface area contributed by atoms with Crippen molar-refractivity contribution < 1.29 is 23.8 Å². The number of thiazole rings is 1. The van der Waals surface area contributed by atoms with Gasteiger partial charge in [0.1, 0.15) is 17.2 Å². The predicted molar refractivity (Wildman–Crippen MR) is 176 cm³/mol. The van der Waals surface area contributed by atoms with Gasteiger partial charge in [-0.3, -0.25) is 14.2 Å². The molecule has 46 heavy (non-hydrogen) atoms. The second kappa shape index (κ2) is 13.1. The summed E-state index contributed by atoms with van der Waals surface area (Å²) in [5.41, 5.74) is 3.05. The molecule has 0 bridgehead atoms. The molecule has 230 valence electrons. The van der Waals surface area contributed by atoms with Gasteiger partial charge in [0.05, 0.1) is 41.6 Å². The number of anilines is 1. The molecule has 0 saturated heterocycles. The fraction of sp³-hybridized carbons (Fsp3) is 0.111. The van der Waals surface area contributed by atoms with Gasteiger partial charge in [0, 0.05) is 5.69 Å². The third-order valence-electron chi connectivity index (χ3n) is 7.42. The van der Waals surface area contributed by atoms with E-state index in [1.54, 1.807) is 92.5 Å². The molecular weight excluding hydrogens is 602 g/mol. The van der Waals surface area contributed by atoms with Gasteiger partial charge >= 0.3 is 5.97 Å². The molecule has 5 aromatic rings. The van der Waals surface area contributed by atoms with E-state index in [1.165, 1.54) is 11.3 Å². The lowest BCUT2D eigenvalue weighted by Crippen LogP contribution is -2.40. The highest BCUT2D eigenvalue weighted by atomic mass is 32.1. The molecule has 0 spiro atoms. The summed E-state index contributed by atoms with van der Waals surface area (Å²) in [5.74, 6) is 0.757. The van der Waals surface area contributed by atoms with Crippen molar-refractivity contribution in [2.45, 2.75) is 13.0 Å². The van der Waals surface area contributed by atoms with Gasteiger partial charge in [-0.25, -0.2) is 9.79 Å². The molecule has 0 aliphatic carbocycles. The minimum absolute atomic E-state index is 0.288. The van der Waals surface area contributed by atoms with Crippen molar-refractivity contribution in [2.75, 3.05) is 19.5 Å². The Morgan fingerprint density at radius 3 is 2.24 bits per heavy atom. The Morgan fingerprint density at radius 2 is 1.54 bits per heavy atom. The lowest BCUT2D eigenvalue weighted by atomic mass is 9.95. The number of amides is 1. The van der Waals surface area contributed by atoms with Crippen molar-refractivity contribution in [3.8, 4) is 17.2 Å². The number of carbonyl (C=O) groups is 2. The second-order valence-corrected chi connectivity index (χ2v) is 11.4. The van der Waals surface area contributed by atoms with Gasteiger partial charge in [0.25, 0.3) is 11.5 Å². The number of fused-ring (bicyclic) bond motifs is 1. The van der Waals surface area contributed by atoms with Gasteiger partial charge in [0.15, 0.2) is 4.80 Å². The average Bonchev–Trinajstić information content (AvgIpc) is 3.38. The molecule has 1 amide bonds. The van der Waals surface area contributed by atoms with Crippen LogP contribution >= 0.6 is 11.3 Å². The van der Waals surface area contributed by atoms with Crippen LogP contribution in [0.5, 0.6) is 17.2 Å². The molecule has 1 N–H and O–H groups in total. The molecule has 9 nitrogen and oxygen atoms in total. The molecule has 2 heterocycles. The number of nitrogens with one attached hydrogen (secondary N) is 1. The topological polar surface area (TPSA) is 108 Å². The van der Waals surface area contributed by atoms with E-state index in [-0.39, 0.29) is 11.5 Å². The van der Waals surface area contributed by atoms with E-state index in [9.17, 15) is 14.4 Å². The number of hydrogen-bond donors (Lipinski definition) is 1. The van der Waals surface area contributed by atoms with Gasteiger partial charge in [-0.05, 0) is 84.8 Å². The van der Waals surface area contributed by atoms with Crippen molar-refractivity contribution in [1.82, 2.24) is 4.57 Å². The Bertz CT molecular complexity index is 2130. The van der Waals surface area contributed by atoms with Gasteiger partial charge in [-0.15, -0.1) is 0 Å². The Hall–Kier alpha value is -5.74. The van der Waals surface area contributed by atoms with Gasteiger partial charge in [-0.2, -0.15) is 0 Å². The fourth-order valence-electron chi connectivity index (χ4n) is 5.14. The highest BCUT2D eigenvalue weighted by molar-refractivity contribution is 7.07. The highest BCUT2D eigenvalue weighted by Gasteiger charge is 2.32. The zero-order chi connectivity index (χ0) is 32.2. The lowest BCUT2D eigenvalue weighted by Gasteiger charge is -2.25. The molecule has 0 saturated carbocycles. The summed E-state index contributed by atoms with van der Waals surface area (Å²) in [6, 6.07) is 29.2. The summed E-state index contributed by atoms with van der Waals surface area (Å²) >= 11 is 1.24. The van der Waals surface area contributed by atoms with Crippen LogP contribution in [-0.2, 0) is 4.79 Å². The lowest BCUT2D eigenvalue weighted by molar-refractivity contribution is -0.113. The number of benzene rings is 4. The Labute approximate surface area is 268 Å². The predicted octanol–water partition coefficient (Wildman–Crippen LogP) is 5.11. The van der Waals surface area contributed by atoms with Gasteiger partial charge < -0.3 is 19.5 Å². The van der Waals surface area contributed by atoms with E-state index in [1.807, 2.05) is 42.5 Å². The number of rotatable bonds is 8. The van der Waals surface area contributed by atoms with Crippen LogP contribution in [0.25, 0.3) is 6.08 Å². The van der Waals surface area contributed by atoms with Crippen LogP contribution in [0.1, 0.15) is 34.5 Å². The minimum atomic E-state index is -0.739. The first-order valence-electron chi connectivity index (χ1n) is 14.3. The quantitative estimate of drug-likeness (QED) is 0.188. The van der Waals surface area contributed by atoms with E-state index >= 15 is 0 Å². The summed E-state index contributed by atoms with van der Waals surface area (Å²) in [6.45, 7) is 1.77. The first kappa shape index (κ1) is 30.3. The maximum Gasteiger partial charge on any atom is 0.343 e. The summed E-state index contributed by atoms with van der Waals surface area (Å²) in [4.78, 5) is 45.5. The number of hydrogen-bond acceptors (Lipinski definition) is 8. The SMILES string of the molecule is COc1ccc(C(=O)Oc2ccc(/C=c3\sc4n(c3=O)[C@@H](c3cccc(OC)c3)C(C(=O)Nc3ccccc3)=C(C)N=4)cc2)cc1. The molecule has 10 heteroatoms. The van der Waals surface area contributed by atoms with Crippen molar-refractivity contribution in [3.05, 3.63) is 151 Å². The van der Waals surface area contributed by atoms with E-state index < -0.39 is 12.0 Å². The molecule has 0 unspecified atom stereocenters. The van der Waals surface area contributed by atoms with Crippen molar-refractivity contribution in [3.63, 3.8) is 0 Å². The van der Waals surface area contributed by atoms with Crippen molar-refractivity contribution in [1.29, 1.82) is 0 Å². The summed E-state index contributed by atoms with van der Waals surface area (Å²) < 4.78 is 18.1. The average molecular weight is 632 g/mol. The highest BCUT2D eigenvalue weighted by Crippen LogP contribution is 2.32. The first-order chi connectivity index (χ1) is 22.3. The third kappa shape index (κ3) is 6.24. The minimum Gasteiger partial charge on any atom is -0.497 e. The van der Waals surface area contributed by atoms with Crippen molar-refractivity contribution >= 4 is 35.0 Å². The summed E-state index contributed by atoms with van der Waals surface area (Å²) in [6.07, 6.45) is 1.75. The van der Waals surface area contributed by atoms with Crippen LogP contribution in [-0.4, -0.2) is 30.7 Å². The standard InChI is InChI=1S/C36H29N3O6S/c1-22-31(33(40)38-26-9-5-4-6-10-26)32(25-8-7-11-29(21-25)44-3)39-34(41)30(46-36(39)37-22)20-23-12-16-28(17-13-23)45-35(42)24-14-18-27(43-2)19-15-24/h4-21,32H,1-3H3,(H,38,40)/b30-20-/t32-/m0/s1. The second-order valence-electron chi connectivity index (χ2n) is 10.4. The zero-order valence-corrected chi connectivity index (χ0v) is 26.0. The first-order valence-corrected chi connectivity index (χ1v) is 15.2. The number of methoxy groups -OCH3 is 2. The normalized spacial score (nSPS) is 14.2. The molecule has 6 rings (SSSR count). The molecule has 0 fully saturated rings. The maximum atomic E-state index is 14.0. The van der Waals surface area contributed by atoms with Gasteiger partial charge in [-0.1, -0.05) is 53.8 Å². The summed E-state index contributed by atoms with van der Waals surface area (Å²) in [7, 11) is 3.13. The van der Waals surface area contributed by atoms with Crippen LogP contribution < -0.4 is 34.4 Å². The van der Waals surface area contributed by atoms with E-state index in [4.69, 9.17) is 19.2 Å². The number of nitrogens with zero attached hydrogens (tertiary/aromatic N) is 2. The number of esters is 1. The molecule has 1 aliphatic heterocycles. The number of allylic oxidation sites excluding steroid dienone is 1. The molecule has 0 radical (unpaired) electrons. The zero-order valence-electron chi connectivity index (χ0n) is 25.2. The fourth-order valence-corrected chi connectivity index (χ4v) is 6.18. The molecule has 1 aliphatic rings. The summed E-state index contributed by atoms with van der Waals surface area (Å²) in [5, 5.41) is 2.95. The smallest absolute Gasteiger partial charge is 0.343 e. The largest absolute Gasteiger partial charge is 0.497 e. The van der Waals surface area contributed by atoms with E-state index in [0.29, 0.717) is 54.7 Å². The van der Waals surface area contributed by atoms with E-state index in [0.717, 1.165) is 5.56 Å². The molecular formula is C36H29N3O6S. The molecule has 1 atom stereocenters. The Balaban J connectivity index is 1.34. The van der Waals surface area contributed by atoms with Crippen LogP contribution in [0.15, 0.2) is 124 Å². The van der Waals surface area contributed by atoms with Gasteiger partial charge in [0.2, 0.25) is 0 Å². The van der Waals surface area contributed by atoms with Crippen LogP contribution in [0.2, 0.25) is 0 Å². The Morgan fingerprint density at radius 1 is 0.848 bits per heavy atom.